The molecule has 0 saturated carbocycles. The van der Waals surface area contributed by atoms with E-state index in [2.05, 4.69) is 10.1 Å². The second-order valence-electron chi connectivity index (χ2n) is 9.09. The largest absolute Gasteiger partial charge is 0.456 e. The molecule has 2 heterocycles. The normalized spacial score (nSPS) is 12.7. The SMILES string of the molecule is Cc1ccc(CN2CCc3cc(Oc4c(C)cc(-n5nc(C#N)c(=O)[nH]c5=O)cc4Cl)ccc3C2=O)cc1. The third kappa shape index (κ3) is 4.82. The van der Waals surface area contributed by atoms with E-state index in [4.69, 9.17) is 21.6 Å². The lowest BCUT2D eigenvalue weighted by atomic mass is 9.98. The fourth-order valence-electron chi connectivity index (χ4n) is 4.37. The van der Waals surface area contributed by atoms with Gasteiger partial charge >= 0.3 is 5.69 Å². The number of H-pyrrole nitrogens is 1. The number of halogens is 1. The molecule has 0 radical (unpaired) electrons. The van der Waals surface area contributed by atoms with Gasteiger partial charge in [-0.3, -0.25) is 14.6 Å². The van der Waals surface area contributed by atoms with E-state index >= 15 is 0 Å². The van der Waals surface area contributed by atoms with E-state index in [1.165, 1.54) is 11.6 Å². The van der Waals surface area contributed by atoms with Crippen LogP contribution < -0.4 is 16.0 Å². The van der Waals surface area contributed by atoms with Crippen LogP contribution in [0.25, 0.3) is 5.69 Å². The molecule has 0 fully saturated rings. The summed E-state index contributed by atoms with van der Waals surface area (Å²) in [4.78, 5) is 40.9. The topological polar surface area (TPSA) is 121 Å². The fourth-order valence-corrected chi connectivity index (χ4v) is 4.67. The molecule has 0 atom stereocenters. The maximum Gasteiger partial charge on any atom is 0.349 e. The zero-order valence-electron chi connectivity index (χ0n) is 20.6. The van der Waals surface area contributed by atoms with Crippen molar-refractivity contribution in [2.75, 3.05) is 6.54 Å². The number of aryl methyl sites for hydroxylation is 2. The molecule has 1 amide bonds. The van der Waals surface area contributed by atoms with E-state index in [-0.39, 0.29) is 16.6 Å². The standard InChI is InChI=1S/C28H22ClN5O4/c1-16-3-5-18(6-4-16)15-33-10-9-19-12-21(7-8-22(19)27(33)36)38-25-17(2)11-20(13-23(25)29)34-28(37)31-26(35)24(14-30)32-34/h3-8,11-13H,9-10,15H2,1-2H3,(H,31,35,37). The maximum absolute atomic E-state index is 13.1. The number of nitriles is 1. The number of aromatic nitrogens is 3. The van der Waals surface area contributed by atoms with Gasteiger partial charge in [-0.05, 0) is 67.3 Å². The van der Waals surface area contributed by atoms with Gasteiger partial charge in [0.25, 0.3) is 11.5 Å². The van der Waals surface area contributed by atoms with Crippen molar-refractivity contribution in [2.24, 2.45) is 0 Å². The zero-order chi connectivity index (χ0) is 27.0. The fraction of sp³-hybridized carbons (Fsp3) is 0.179. The van der Waals surface area contributed by atoms with Crippen LogP contribution in [0, 0.1) is 25.2 Å². The van der Waals surface area contributed by atoms with Gasteiger partial charge in [0.1, 0.15) is 17.6 Å². The van der Waals surface area contributed by atoms with Gasteiger partial charge in [0.05, 0.1) is 10.7 Å². The molecule has 5 rings (SSSR count). The van der Waals surface area contributed by atoms with E-state index < -0.39 is 16.9 Å². The summed E-state index contributed by atoms with van der Waals surface area (Å²) in [6.45, 7) is 4.94. The van der Waals surface area contributed by atoms with Gasteiger partial charge in [0.15, 0.2) is 0 Å². The van der Waals surface area contributed by atoms with Crippen LogP contribution in [0.15, 0.2) is 64.2 Å². The number of fused-ring (bicyclic) bond motifs is 1. The first-order chi connectivity index (χ1) is 18.2. The summed E-state index contributed by atoms with van der Waals surface area (Å²) < 4.78 is 6.98. The Labute approximate surface area is 222 Å². The van der Waals surface area contributed by atoms with Crippen LogP contribution in [0.3, 0.4) is 0 Å². The molecular formula is C28H22ClN5O4. The monoisotopic (exact) mass is 527 g/mol. The third-order valence-electron chi connectivity index (χ3n) is 6.35. The van der Waals surface area contributed by atoms with E-state index in [9.17, 15) is 14.4 Å². The van der Waals surface area contributed by atoms with E-state index in [0.29, 0.717) is 42.1 Å². The number of carbonyl (C=O) groups excluding carboxylic acids is 1. The number of hydrogen-bond acceptors (Lipinski definition) is 6. The molecule has 3 aromatic carbocycles. The Morgan fingerprint density at radius 3 is 2.55 bits per heavy atom. The average Bonchev–Trinajstić information content (AvgIpc) is 2.89. The Kier molecular flexibility index (Phi) is 6.57. The lowest BCUT2D eigenvalue weighted by molar-refractivity contribution is 0.0727. The number of rotatable bonds is 5. The molecule has 0 spiro atoms. The van der Waals surface area contributed by atoms with Crippen LogP contribution in [0.4, 0.5) is 0 Å². The number of ether oxygens (including phenoxy) is 1. The van der Waals surface area contributed by atoms with Crippen molar-refractivity contribution in [1.82, 2.24) is 19.7 Å². The van der Waals surface area contributed by atoms with Crippen molar-refractivity contribution in [3.63, 3.8) is 0 Å². The lowest BCUT2D eigenvalue weighted by Crippen LogP contribution is -2.37. The number of benzene rings is 3. The van der Waals surface area contributed by atoms with Crippen molar-refractivity contribution >= 4 is 17.5 Å². The minimum absolute atomic E-state index is 0.0208. The predicted molar refractivity (Wildman–Crippen MR) is 141 cm³/mol. The molecule has 0 bridgehead atoms. The van der Waals surface area contributed by atoms with Crippen molar-refractivity contribution in [1.29, 1.82) is 5.26 Å². The summed E-state index contributed by atoms with van der Waals surface area (Å²) >= 11 is 6.50. The van der Waals surface area contributed by atoms with Crippen LogP contribution in [0.1, 0.15) is 38.3 Å². The molecule has 38 heavy (non-hydrogen) atoms. The highest BCUT2D eigenvalue weighted by atomic mass is 35.5. The highest BCUT2D eigenvalue weighted by Gasteiger charge is 2.25. The molecule has 10 heteroatoms. The van der Waals surface area contributed by atoms with Crippen LogP contribution in [0.2, 0.25) is 5.02 Å². The second-order valence-corrected chi connectivity index (χ2v) is 9.50. The molecule has 0 unspecified atom stereocenters. The van der Waals surface area contributed by atoms with Crippen molar-refractivity contribution in [3.8, 4) is 23.3 Å². The first-order valence-electron chi connectivity index (χ1n) is 11.8. The predicted octanol–water partition coefficient (Wildman–Crippen LogP) is 4.05. The van der Waals surface area contributed by atoms with Gasteiger partial charge < -0.3 is 9.64 Å². The Morgan fingerprint density at radius 2 is 1.84 bits per heavy atom. The Morgan fingerprint density at radius 1 is 1.08 bits per heavy atom. The van der Waals surface area contributed by atoms with Gasteiger partial charge in [-0.15, -0.1) is 5.10 Å². The first-order valence-corrected chi connectivity index (χ1v) is 12.2. The minimum Gasteiger partial charge on any atom is -0.456 e. The highest BCUT2D eigenvalue weighted by molar-refractivity contribution is 6.32. The van der Waals surface area contributed by atoms with Gasteiger partial charge in [-0.2, -0.15) is 9.94 Å². The van der Waals surface area contributed by atoms with Gasteiger partial charge in [0, 0.05) is 18.7 Å². The minimum atomic E-state index is -0.860. The van der Waals surface area contributed by atoms with Crippen LogP contribution >= 0.6 is 11.6 Å². The number of hydrogen-bond donors (Lipinski definition) is 1. The summed E-state index contributed by atoms with van der Waals surface area (Å²) in [6, 6.07) is 18.2. The van der Waals surface area contributed by atoms with Crippen molar-refractivity contribution < 1.29 is 9.53 Å². The summed E-state index contributed by atoms with van der Waals surface area (Å²) in [5, 5.41) is 13.1. The lowest BCUT2D eigenvalue weighted by Gasteiger charge is -2.29. The van der Waals surface area contributed by atoms with E-state index in [0.717, 1.165) is 15.8 Å². The Hall–Kier alpha value is -4.68. The van der Waals surface area contributed by atoms with E-state index in [1.807, 2.05) is 42.2 Å². The quantitative estimate of drug-likeness (QED) is 0.418. The van der Waals surface area contributed by atoms with Crippen LogP contribution in [-0.4, -0.2) is 32.1 Å². The molecule has 4 aromatic rings. The maximum atomic E-state index is 13.1. The molecule has 190 valence electrons. The summed E-state index contributed by atoms with van der Waals surface area (Å²) in [7, 11) is 0. The number of aromatic amines is 1. The summed E-state index contributed by atoms with van der Waals surface area (Å²) in [5.74, 6) is 0.872. The van der Waals surface area contributed by atoms with Crippen LogP contribution in [0.5, 0.6) is 11.5 Å². The molecule has 1 N–H and O–H groups in total. The zero-order valence-corrected chi connectivity index (χ0v) is 21.4. The first kappa shape index (κ1) is 25.0. The number of nitrogens with zero attached hydrogens (tertiary/aromatic N) is 4. The highest BCUT2D eigenvalue weighted by Crippen LogP contribution is 2.36. The third-order valence-corrected chi connectivity index (χ3v) is 6.63. The molecule has 9 nitrogen and oxygen atoms in total. The molecule has 1 aromatic heterocycles. The van der Waals surface area contributed by atoms with Crippen molar-refractivity contribution in [2.45, 2.75) is 26.8 Å². The Bertz CT molecular complexity index is 1710. The molecular weight excluding hydrogens is 506 g/mol. The summed E-state index contributed by atoms with van der Waals surface area (Å²) in [5.41, 5.74) is 2.57. The smallest absolute Gasteiger partial charge is 0.349 e. The van der Waals surface area contributed by atoms with Crippen LogP contribution in [-0.2, 0) is 13.0 Å². The molecule has 1 aliphatic heterocycles. The van der Waals surface area contributed by atoms with E-state index in [1.54, 1.807) is 31.2 Å². The van der Waals surface area contributed by atoms with Gasteiger partial charge in [0.2, 0.25) is 5.69 Å². The van der Waals surface area contributed by atoms with Gasteiger partial charge in [-0.25, -0.2) is 4.79 Å². The number of carbonyl (C=O) groups is 1. The number of nitrogens with one attached hydrogen (secondary N) is 1. The van der Waals surface area contributed by atoms with Crippen molar-refractivity contribution in [3.05, 3.63) is 114 Å². The summed E-state index contributed by atoms with van der Waals surface area (Å²) in [6.07, 6.45) is 0.692. The second kappa shape index (κ2) is 10.00. The molecule has 0 aliphatic carbocycles. The molecule has 0 saturated heterocycles. The average molecular weight is 528 g/mol. The molecule has 1 aliphatic rings. The Balaban J connectivity index is 1.38. The van der Waals surface area contributed by atoms with Gasteiger partial charge in [-0.1, -0.05) is 41.4 Å². The number of amides is 1.